The van der Waals surface area contributed by atoms with E-state index in [0.717, 1.165) is 0 Å². The second kappa shape index (κ2) is 9.07. The molecular weight excluding hydrogens is 422 g/mol. The topological polar surface area (TPSA) is 126 Å². The molecule has 1 amide bonds. The standard InChI is InChI=1S/C22H14ClN3O5/c1-13(27)17-4-2-3-5-19(17)25-22(28)14(12-24)10-16-7-9-21(31-16)18-8-6-15(23)11-20(18)26(29)30/h2-11H,1H3,(H,25,28)/b14-10-. The number of nitro groups is 1. The Balaban J connectivity index is 1.89. The summed E-state index contributed by atoms with van der Waals surface area (Å²) in [7, 11) is 0. The summed E-state index contributed by atoms with van der Waals surface area (Å²) >= 11 is 5.83. The highest BCUT2D eigenvalue weighted by atomic mass is 35.5. The summed E-state index contributed by atoms with van der Waals surface area (Å²) in [6.45, 7) is 1.37. The van der Waals surface area contributed by atoms with E-state index in [4.69, 9.17) is 16.0 Å². The Morgan fingerprint density at radius 2 is 1.94 bits per heavy atom. The van der Waals surface area contributed by atoms with Crippen molar-refractivity contribution >= 4 is 40.7 Å². The Morgan fingerprint density at radius 1 is 1.19 bits per heavy atom. The maximum Gasteiger partial charge on any atom is 0.281 e. The van der Waals surface area contributed by atoms with Crippen molar-refractivity contribution < 1.29 is 18.9 Å². The Kier molecular flexibility index (Phi) is 6.29. The first-order valence-corrected chi connectivity index (χ1v) is 9.25. The fraction of sp³-hybridized carbons (Fsp3) is 0.0455. The number of hydrogen-bond acceptors (Lipinski definition) is 6. The number of nitrogens with zero attached hydrogens (tertiary/aromatic N) is 2. The average Bonchev–Trinajstić information content (AvgIpc) is 3.20. The Labute approximate surface area is 181 Å². The van der Waals surface area contributed by atoms with Crippen LogP contribution in [0.3, 0.4) is 0 Å². The van der Waals surface area contributed by atoms with Crippen molar-refractivity contribution in [1.82, 2.24) is 0 Å². The fourth-order valence-corrected chi connectivity index (χ4v) is 2.99. The van der Waals surface area contributed by atoms with Crippen LogP contribution in [0.2, 0.25) is 5.02 Å². The van der Waals surface area contributed by atoms with Gasteiger partial charge in [-0.25, -0.2) is 0 Å². The molecule has 0 saturated heterocycles. The second-order valence-electron chi connectivity index (χ2n) is 6.35. The number of nitriles is 1. The molecule has 1 N–H and O–H groups in total. The molecule has 0 aliphatic heterocycles. The van der Waals surface area contributed by atoms with Crippen molar-refractivity contribution in [3.63, 3.8) is 0 Å². The fourth-order valence-electron chi connectivity index (χ4n) is 2.82. The quantitative estimate of drug-likeness (QED) is 0.185. The van der Waals surface area contributed by atoms with Crippen LogP contribution < -0.4 is 5.32 Å². The van der Waals surface area contributed by atoms with Gasteiger partial charge in [0.25, 0.3) is 11.6 Å². The molecule has 0 bridgehead atoms. The molecule has 9 heteroatoms. The van der Waals surface area contributed by atoms with E-state index in [1.165, 1.54) is 43.3 Å². The third-order valence-corrected chi connectivity index (χ3v) is 4.49. The number of para-hydroxylation sites is 1. The van der Waals surface area contributed by atoms with E-state index in [1.54, 1.807) is 30.3 Å². The smallest absolute Gasteiger partial charge is 0.281 e. The Hall–Kier alpha value is -4.22. The minimum absolute atomic E-state index is 0.144. The lowest BCUT2D eigenvalue weighted by Crippen LogP contribution is -2.15. The second-order valence-corrected chi connectivity index (χ2v) is 6.78. The van der Waals surface area contributed by atoms with Gasteiger partial charge in [-0.05, 0) is 43.3 Å². The van der Waals surface area contributed by atoms with Crippen LogP contribution >= 0.6 is 11.6 Å². The number of halogens is 1. The summed E-state index contributed by atoms with van der Waals surface area (Å²) in [6.07, 6.45) is 1.21. The lowest BCUT2D eigenvalue weighted by molar-refractivity contribution is -0.384. The van der Waals surface area contributed by atoms with Crippen molar-refractivity contribution in [3.8, 4) is 17.4 Å². The number of rotatable bonds is 6. The van der Waals surface area contributed by atoms with E-state index >= 15 is 0 Å². The normalized spacial score (nSPS) is 10.9. The molecular formula is C22H14ClN3O5. The highest BCUT2D eigenvalue weighted by Crippen LogP contribution is 2.33. The van der Waals surface area contributed by atoms with Crippen LogP contribution in [-0.4, -0.2) is 16.6 Å². The highest BCUT2D eigenvalue weighted by Gasteiger charge is 2.19. The number of carbonyl (C=O) groups is 2. The molecule has 0 atom stereocenters. The van der Waals surface area contributed by atoms with Gasteiger partial charge < -0.3 is 9.73 Å². The van der Waals surface area contributed by atoms with Crippen molar-refractivity contribution in [3.05, 3.63) is 86.6 Å². The molecule has 3 aromatic rings. The predicted molar refractivity (Wildman–Crippen MR) is 114 cm³/mol. The molecule has 0 aliphatic rings. The van der Waals surface area contributed by atoms with Crippen molar-refractivity contribution in [2.45, 2.75) is 6.92 Å². The largest absolute Gasteiger partial charge is 0.456 e. The van der Waals surface area contributed by atoms with Gasteiger partial charge in [0.1, 0.15) is 23.2 Å². The molecule has 0 aliphatic carbocycles. The van der Waals surface area contributed by atoms with E-state index in [1.807, 2.05) is 0 Å². The van der Waals surface area contributed by atoms with Crippen LogP contribution in [0.25, 0.3) is 17.4 Å². The van der Waals surface area contributed by atoms with Crippen molar-refractivity contribution in [2.24, 2.45) is 0 Å². The molecule has 1 aromatic heterocycles. The maximum atomic E-state index is 12.5. The summed E-state index contributed by atoms with van der Waals surface area (Å²) in [5, 5.41) is 23.4. The zero-order valence-corrected chi connectivity index (χ0v) is 16.8. The number of ketones is 1. The lowest BCUT2D eigenvalue weighted by Gasteiger charge is -2.08. The summed E-state index contributed by atoms with van der Waals surface area (Å²) in [5.41, 5.74) is 0.273. The van der Waals surface area contributed by atoms with Gasteiger partial charge in [0.2, 0.25) is 0 Å². The average molecular weight is 436 g/mol. The van der Waals surface area contributed by atoms with Gasteiger partial charge in [-0.3, -0.25) is 19.7 Å². The number of nitrogens with one attached hydrogen (secondary N) is 1. The van der Waals surface area contributed by atoms with E-state index in [-0.39, 0.29) is 44.8 Å². The highest BCUT2D eigenvalue weighted by molar-refractivity contribution is 6.30. The van der Waals surface area contributed by atoms with E-state index in [9.17, 15) is 25.0 Å². The van der Waals surface area contributed by atoms with Crippen molar-refractivity contribution in [1.29, 1.82) is 5.26 Å². The molecule has 2 aromatic carbocycles. The molecule has 8 nitrogen and oxygen atoms in total. The number of furan rings is 1. The predicted octanol–water partition coefficient (Wildman–Crippen LogP) is 5.26. The molecule has 3 rings (SSSR count). The lowest BCUT2D eigenvalue weighted by atomic mass is 10.1. The van der Waals surface area contributed by atoms with Crippen molar-refractivity contribution in [2.75, 3.05) is 5.32 Å². The number of anilines is 1. The molecule has 0 unspecified atom stereocenters. The SMILES string of the molecule is CC(=O)c1ccccc1NC(=O)/C(C#N)=C\c1ccc(-c2ccc(Cl)cc2[N+](=O)[O-])o1. The van der Waals surface area contributed by atoms with Gasteiger partial charge >= 0.3 is 0 Å². The third-order valence-electron chi connectivity index (χ3n) is 4.25. The van der Waals surface area contributed by atoms with Crippen LogP contribution in [0, 0.1) is 21.4 Å². The summed E-state index contributed by atoms with van der Waals surface area (Å²) in [5.74, 6) is -0.648. The summed E-state index contributed by atoms with van der Waals surface area (Å²) < 4.78 is 5.59. The third kappa shape index (κ3) is 4.86. The molecule has 1 heterocycles. The zero-order chi connectivity index (χ0) is 22.5. The van der Waals surface area contributed by atoms with Crippen LogP contribution in [0.5, 0.6) is 0 Å². The number of carbonyl (C=O) groups excluding carboxylic acids is 2. The van der Waals surface area contributed by atoms with Crippen LogP contribution in [0.15, 0.2) is 64.6 Å². The van der Waals surface area contributed by atoms with Gasteiger partial charge in [-0.15, -0.1) is 0 Å². The zero-order valence-electron chi connectivity index (χ0n) is 16.1. The van der Waals surface area contributed by atoms with Gasteiger partial charge in [-0.1, -0.05) is 23.7 Å². The molecule has 0 saturated carbocycles. The first-order valence-electron chi connectivity index (χ1n) is 8.87. The molecule has 0 fully saturated rings. The van der Waals surface area contributed by atoms with Crippen LogP contribution in [0.4, 0.5) is 11.4 Å². The Morgan fingerprint density at radius 3 is 2.61 bits per heavy atom. The maximum absolute atomic E-state index is 12.5. The monoisotopic (exact) mass is 435 g/mol. The van der Waals surface area contributed by atoms with Crippen LogP contribution in [0.1, 0.15) is 23.0 Å². The molecule has 0 radical (unpaired) electrons. The van der Waals surface area contributed by atoms with Gasteiger partial charge in [0, 0.05) is 22.7 Å². The molecule has 31 heavy (non-hydrogen) atoms. The number of Topliss-reactive ketones (excluding diaryl/α,β-unsaturated/α-hetero) is 1. The van der Waals surface area contributed by atoms with Gasteiger partial charge in [-0.2, -0.15) is 5.26 Å². The van der Waals surface area contributed by atoms with E-state index in [2.05, 4.69) is 5.32 Å². The molecule has 0 spiro atoms. The van der Waals surface area contributed by atoms with E-state index < -0.39 is 10.8 Å². The number of benzene rings is 2. The first-order chi connectivity index (χ1) is 14.8. The number of hydrogen-bond donors (Lipinski definition) is 1. The minimum Gasteiger partial charge on any atom is -0.456 e. The summed E-state index contributed by atoms with van der Waals surface area (Å²) in [4.78, 5) is 34.9. The van der Waals surface area contributed by atoms with Gasteiger partial charge in [0.05, 0.1) is 16.2 Å². The van der Waals surface area contributed by atoms with Crippen LogP contribution in [-0.2, 0) is 4.79 Å². The van der Waals surface area contributed by atoms with E-state index in [0.29, 0.717) is 5.56 Å². The molecule has 154 valence electrons. The summed E-state index contributed by atoms with van der Waals surface area (Å²) in [6, 6.07) is 15.3. The Bertz CT molecular complexity index is 1270. The first kappa shape index (κ1) is 21.5. The number of amides is 1. The number of nitro benzene ring substituents is 1. The van der Waals surface area contributed by atoms with Gasteiger partial charge in [0.15, 0.2) is 5.78 Å². The minimum atomic E-state index is -0.730.